The minimum absolute atomic E-state index is 0.0252. The van der Waals surface area contributed by atoms with Crippen LogP contribution in [0.3, 0.4) is 0 Å². The third-order valence-electron chi connectivity index (χ3n) is 3.61. The van der Waals surface area contributed by atoms with E-state index in [0.717, 1.165) is 29.8 Å². The van der Waals surface area contributed by atoms with E-state index in [1.54, 1.807) is 17.8 Å². The lowest BCUT2D eigenvalue weighted by atomic mass is 10.0. The van der Waals surface area contributed by atoms with Crippen LogP contribution in [0.5, 0.6) is 0 Å². The molecule has 0 spiro atoms. The number of nitrogens with zero attached hydrogens (tertiary/aromatic N) is 3. The highest BCUT2D eigenvalue weighted by atomic mass is 32.2. The van der Waals surface area contributed by atoms with Crippen molar-refractivity contribution >= 4 is 23.3 Å². The van der Waals surface area contributed by atoms with E-state index in [-0.39, 0.29) is 6.04 Å². The molecule has 3 rings (SSSR count). The molecule has 1 unspecified atom stereocenters. The molecule has 2 heterocycles. The SMILES string of the molecule is FC(F)(F)c1cccc(C2CSCCN2Cc2csnn2)c1. The summed E-state index contributed by atoms with van der Waals surface area (Å²) in [5, 5.41) is 5.92. The Morgan fingerprint density at radius 2 is 2.18 bits per heavy atom. The molecule has 3 nitrogen and oxygen atoms in total. The number of hydrogen-bond donors (Lipinski definition) is 0. The molecule has 2 aromatic rings. The van der Waals surface area contributed by atoms with Gasteiger partial charge in [0.2, 0.25) is 0 Å². The zero-order chi connectivity index (χ0) is 15.6. The Morgan fingerprint density at radius 1 is 1.32 bits per heavy atom. The number of benzene rings is 1. The van der Waals surface area contributed by atoms with Crippen LogP contribution in [-0.4, -0.2) is 32.5 Å². The third-order valence-corrected chi connectivity index (χ3v) is 5.18. The molecule has 8 heteroatoms. The maximum absolute atomic E-state index is 12.9. The van der Waals surface area contributed by atoms with Gasteiger partial charge in [-0.3, -0.25) is 4.90 Å². The number of hydrogen-bond acceptors (Lipinski definition) is 5. The van der Waals surface area contributed by atoms with Crippen molar-refractivity contribution in [2.75, 3.05) is 18.1 Å². The summed E-state index contributed by atoms with van der Waals surface area (Å²) in [6.45, 7) is 1.46. The Kier molecular flexibility index (Phi) is 4.70. The fraction of sp³-hybridized carbons (Fsp3) is 0.429. The Bertz CT molecular complexity index is 616. The summed E-state index contributed by atoms with van der Waals surface area (Å²) in [4.78, 5) is 2.18. The van der Waals surface area contributed by atoms with E-state index in [2.05, 4.69) is 14.5 Å². The molecule has 1 aromatic carbocycles. The molecule has 0 N–H and O–H groups in total. The monoisotopic (exact) mass is 345 g/mol. The minimum Gasteiger partial charge on any atom is -0.289 e. The Labute approximate surface area is 134 Å². The van der Waals surface area contributed by atoms with Crippen molar-refractivity contribution < 1.29 is 13.2 Å². The molecular weight excluding hydrogens is 331 g/mol. The predicted octanol–water partition coefficient (Wildman–Crippen LogP) is 3.85. The average Bonchev–Trinajstić information content (AvgIpc) is 3.00. The van der Waals surface area contributed by atoms with Gasteiger partial charge in [0.1, 0.15) is 0 Å². The van der Waals surface area contributed by atoms with Crippen LogP contribution < -0.4 is 0 Å². The highest BCUT2D eigenvalue weighted by Crippen LogP contribution is 2.35. The van der Waals surface area contributed by atoms with Crippen molar-refractivity contribution in [1.82, 2.24) is 14.5 Å². The molecule has 1 aliphatic rings. The van der Waals surface area contributed by atoms with Gasteiger partial charge in [0.05, 0.1) is 11.3 Å². The van der Waals surface area contributed by atoms with Crippen LogP contribution in [0.25, 0.3) is 0 Å². The van der Waals surface area contributed by atoms with E-state index in [4.69, 9.17) is 0 Å². The van der Waals surface area contributed by atoms with Gasteiger partial charge >= 0.3 is 6.18 Å². The summed E-state index contributed by atoms with van der Waals surface area (Å²) in [5.74, 6) is 1.77. The van der Waals surface area contributed by atoms with Gasteiger partial charge in [0.25, 0.3) is 0 Å². The van der Waals surface area contributed by atoms with Gasteiger partial charge in [0, 0.05) is 36.0 Å². The zero-order valence-electron chi connectivity index (χ0n) is 11.6. The van der Waals surface area contributed by atoms with E-state index in [0.29, 0.717) is 12.1 Å². The number of aromatic nitrogens is 2. The standard InChI is InChI=1S/C14H14F3N3S2/c15-14(16,17)11-3-1-2-10(6-11)13-9-21-5-4-20(13)7-12-8-22-19-18-12/h1-3,6,8,13H,4-5,7,9H2. The molecule has 118 valence electrons. The maximum Gasteiger partial charge on any atom is 0.416 e. The van der Waals surface area contributed by atoms with Gasteiger partial charge in [-0.25, -0.2) is 0 Å². The van der Waals surface area contributed by atoms with E-state index >= 15 is 0 Å². The first-order valence-electron chi connectivity index (χ1n) is 6.79. The Balaban J connectivity index is 1.84. The molecule has 1 atom stereocenters. The molecular formula is C14H14F3N3S2. The fourth-order valence-electron chi connectivity index (χ4n) is 2.52. The van der Waals surface area contributed by atoms with E-state index < -0.39 is 11.7 Å². The summed E-state index contributed by atoms with van der Waals surface area (Å²) in [6.07, 6.45) is -4.30. The van der Waals surface area contributed by atoms with Crippen LogP contribution in [0.4, 0.5) is 13.2 Å². The maximum atomic E-state index is 12.9. The highest BCUT2D eigenvalue weighted by Gasteiger charge is 2.32. The smallest absolute Gasteiger partial charge is 0.289 e. The van der Waals surface area contributed by atoms with Gasteiger partial charge in [-0.2, -0.15) is 24.9 Å². The number of rotatable bonds is 3. The van der Waals surface area contributed by atoms with Gasteiger partial charge in [0.15, 0.2) is 0 Å². The van der Waals surface area contributed by atoms with Crippen LogP contribution in [0.15, 0.2) is 29.6 Å². The van der Waals surface area contributed by atoms with E-state index in [1.807, 2.05) is 5.38 Å². The summed E-state index contributed by atoms with van der Waals surface area (Å²) >= 11 is 3.06. The first-order chi connectivity index (χ1) is 10.5. The second-order valence-electron chi connectivity index (χ2n) is 5.08. The first-order valence-corrected chi connectivity index (χ1v) is 8.78. The minimum atomic E-state index is -4.30. The second kappa shape index (κ2) is 6.55. The molecule has 22 heavy (non-hydrogen) atoms. The first kappa shape index (κ1) is 15.8. The largest absolute Gasteiger partial charge is 0.416 e. The Morgan fingerprint density at radius 3 is 2.91 bits per heavy atom. The van der Waals surface area contributed by atoms with E-state index in [1.165, 1.54) is 23.7 Å². The van der Waals surface area contributed by atoms with Crippen molar-refractivity contribution in [2.24, 2.45) is 0 Å². The highest BCUT2D eigenvalue weighted by molar-refractivity contribution is 7.99. The molecule has 0 amide bonds. The molecule has 0 bridgehead atoms. The van der Waals surface area contributed by atoms with Gasteiger partial charge in [-0.15, -0.1) is 5.10 Å². The van der Waals surface area contributed by atoms with Crippen LogP contribution in [0, 0.1) is 0 Å². The summed E-state index contributed by atoms with van der Waals surface area (Å²) in [5.41, 5.74) is 0.995. The van der Waals surface area contributed by atoms with Crippen molar-refractivity contribution in [3.05, 3.63) is 46.5 Å². The molecule has 0 aliphatic carbocycles. The molecule has 1 saturated heterocycles. The molecule has 1 fully saturated rings. The van der Waals surface area contributed by atoms with Crippen molar-refractivity contribution in [3.8, 4) is 0 Å². The average molecular weight is 345 g/mol. The Hall–Kier alpha value is -1.12. The molecule has 1 aliphatic heterocycles. The normalized spacial score (nSPS) is 20.2. The van der Waals surface area contributed by atoms with Crippen LogP contribution in [-0.2, 0) is 12.7 Å². The van der Waals surface area contributed by atoms with Crippen molar-refractivity contribution in [2.45, 2.75) is 18.8 Å². The van der Waals surface area contributed by atoms with Gasteiger partial charge < -0.3 is 0 Å². The number of thioether (sulfide) groups is 1. The second-order valence-corrected chi connectivity index (χ2v) is 6.84. The lowest BCUT2D eigenvalue weighted by Gasteiger charge is -2.35. The predicted molar refractivity (Wildman–Crippen MR) is 81.8 cm³/mol. The van der Waals surface area contributed by atoms with Gasteiger partial charge in [-0.1, -0.05) is 16.6 Å². The molecule has 0 saturated carbocycles. The van der Waals surface area contributed by atoms with Crippen LogP contribution >= 0.6 is 23.3 Å². The van der Waals surface area contributed by atoms with E-state index in [9.17, 15) is 13.2 Å². The number of alkyl halides is 3. The van der Waals surface area contributed by atoms with Gasteiger partial charge in [-0.05, 0) is 29.2 Å². The molecule has 1 aromatic heterocycles. The van der Waals surface area contributed by atoms with Crippen LogP contribution in [0.2, 0.25) is 0 Å². The zero-order valence-corrected chi connectivity index (χ0v) is 13.2. The quantitative estimate of drug-likeness (QED) is 0.845. The summed E-state index contributed by atoms with van der Waals surface area (Å²) in [6, 6.07) is 5.62. The summed E-state index contributed by atoms with van der Waals surface area (Å²) in [7, 11) is 0. The fourth-order valence-corrected chi connectivity index (χ4v) is 4.12. The molecule has 0 radical (unpaired) electrons. The lowest BCUT2D eigenvalue weighted by Crippen LogP contribution is -2.35. The van der Waals surface area contributed by atoms with Crippen molar-refractivity contribution in [3.63, 3.8) is 0 Å². The number of halogens is 3. The lowest BCUT2D eigenvalue weighted by molar-refractivity contribution is -0.137. The summed E-state index contributed by atoms with van der Waals surface area (Å²) < 4.78 is 42.5. The van der Waals surface area contributed by atoms with Crippen molar-refractivity contribution in [1.29, 1.82) is 0 Å². The third kappa shape index (κ3) is 3.61. The van der Waals surface area contributed by atoms with Crippen LogP contribution in [0.1, 0.15) is 22.9 Å². The topological polar surface area (TPSA) is 29.0 Å².